The van der Waals surface area contributed by atoms with Crippen molar-refractivity contribution < 1.29 is 14.8 Å². The van der Waals surface area contributed by atoms with Crippen LogP contribution in [0.15, 0.2) is 36.5 Å². The fourth-order valence-corrected chi connectivity index (χ4v) is 1.66. The number of benzene rings is 1. The van der Waals surface area contributed by atoms with E-state index in [4.69, 9.17) is 5.11 Å². The van der Waals surface area contributed by atoms with Gasteiger partial charge in [-0.1, -0.05) is 0 Å². The average Bonchev–Trinajstić information content (AvgIpc) is 2.97. The smallest absolute Gasteiger partial charge is 0.272 e. The van der Waals surface area contributed by atoms with E-state index in [2.05, 4.69) is 10.4 Å². The summed E-state index contributed by atoms with van der Waals surface area (Å²) in [5.74, 6) is -0.391. The molecule has 21 heavy (non-hydrogen) atoms. The molecule has 1 amide bonds. The van der Waals surface area contributed by atoms with E-state index in [0.29, 0.717) is 5.69 Å². The van der Waals surface area contributed by atoms with Crippen molar-refractivity contribution in [1.29, 1.82) is 0 Å². The summed E-state index contributed by atoms with van der Waals surface area (Å²) in [6, 6.07) is 6.99. The minimum atomic E-state index is -0.484. The van der Waals surface area contributed by atoms with E-state index >= 15 is 0 Å². The summed E-state index contributed by atoms with van der Waals surface area (Å²) in [4.78, 5) is 21.9. The molecule has 1 aromatic heterocycles. The van der Waals surface area contributed by atoms with Crippen molar-refractivity contribution in [2.45, 2.75) is 13.0 Å². The van der Waals surface area contributed by atoms with E-state index in [1.54, 1.807) is 25.3 Å². The van der Waals surface area contributed by atoms with Crippen LogP contribution in [-0.4, -0.2) is 38.4 Å². The number of nitrogens with zero attached hydrogens (tertiary/aromatic N) is 3. The molecule has 0 spiro atoms. The van der Waals surface area contributed by atoms with E-state index in [1.165, 1.54) is 22.9 Å². The van der Waals surface area contributed by atoms with Gasteiger partial charge in [-0.25, -0.2) is 4.68 Å². The number of carbonyl (C=O) groups excluding carboxylic acids is 1. The number of carbonyl (C=O) groups is 1. The Hall–Kier alpha value is -2.74. The van der Waals surface area contributed by atoms with Gasteiger partial charge in [0, 0.05) is 24.4 Å². The zero-order valence-electron chi connectivity index (χ0n) is 11.3. The molecule has 1 heterocycles. The van der Waals surface area contributed by atoms with Crippen LogP contribution in [0.3, 0.4) is 0 Å². The van der Waals surface area contributed by atoms with E-state index in [1.807, 2.05) is 0 Å². The lowest BCUT2D eigenvalue weighted by atomic mass is 10.3. The van der Waals surface area contributed by atoms with Crippen molar-refractivity contribution in [2.24, 2.45) is 0 Å². The molecule has 0 aliphatic carbocycles. The molecular weight excluding hydrogens is 276 g/mol. The minimum Gasteiger partial charge on any atom is -0.394 e. The van der Waals surface area contributed by atoms with Gasteiger partial charge in [0.15, 0.2) is 5.69 Å². The number of nitrogens with one attached hydrogen (secondary N) is 1. The molecule has 0 saturated carbocycles. The van der Waals surface area contributed by atoms with Crippen LogP contribution in [0, 0.1) is 10.1 Å². The highest BCUT2D eigenvalue weighted by molar-refractivity contribution is 5.92. The van der Waals surface area contributed by atoms with Crippen LogP contribution in [0.1, 0.15) is 17.4 Å². The molecule has 1 aromatic carbocycles. The SMILES string of the molecule is C[C@H](CO)NC(=O)c1ccn(-c2ccc([N+](=O)[O-])cc2)n1. The molecule has 8 nitrogen and oxygen atoms in total. The summed E-state index contributed by atoms with van der Waals surface area (Å²) in [7, 11) is 0. The molecule has 0 radical (unpaired) electrons. The third-order valence-electron chi connectivity index (χ3n) is 2.80. The third-order valence-corrected chi connectivity index (χ3v) is 2.80. The Bertz CT molecular complexity index is 650. The number of aliphatic hydroxyl groups excluding tert-OH is 1. The molecule has 8 heteroatoms. The highest BCUT2D eigenvalue weighted by Crippen LogP contribution is 2.14. The molecule has 0 bridgehead atoms. The van der Waals surface area contributed by atoms with Gasteiger partial charge in [-0.3, -0.25) is 14.9 Å². The number of nitro benzene ring substituents is 1. The van der Waals surface area contributed by atoms with E-state index in [-0.39, 0.29) is 24.0 Å². The maximum atomic E-state index is 11.8. The number of hydrogen-bond acceptors (Lipinski definition) is 5. The first-order valence-electron chi connectivity index (χ1n) is 6.23. The third kappa shape index (κ3) is 3.42. The van der Waals surface area contributed by atoms with Gasteiger partial charge in [0.1, 0.15) is 0 Å². The molecule has 110 valence electrons. The van der Waals surface area contributed by atoms with Crippen molar-refractivity contribution in [3.63, 3.8) is 0 Å². The van der Waals surface area contributed by atoms with Crippen LogP contribution in [0.5, 0.6) is 0 Å². The van der Waals surface area contributed by atoms with Gasteiger partial charge >= 0.3 is 0 Å². The fraction of sp³-hybridized carbons (Fsp3) is 0.231. The van der Waals surface area contributed by atoms with Crippen molar-refractivity contribution in [3.05, 3.63) is 52.3 Å². The second-order valence-corrected chi connectivity index (χ2v) is 4.48. The monoisotopic (exact) mass is 290 g/mol. The Balaban J connectivity index is 2.15. The first-order valence-corrected chi connectivity index (χ1v) is 6.23. The largest absolute Gasteiger partial charge is 0.394 e. The number of non-ortho nitro benzene ring substituents is 1. The standard InChI is InChI=1S/C13H14N4O4/c1-9(8-18)14-13(19)12-6-7-16(15-12)10-2-4-11(5-3-10)17(20)21/h2-7,9,18H,8H2,1H3,(H,14,19)/t9-/m1/s1. The van der Waals surface area contributed by atoms with Gasteiger partial charge in [-0.15, -0.1) is 0 Å². The quantitative estimate of drug-likeness (QED) is 0.627. The maximum Gasteiger partial charge on any atom is 0.272 e. The summed E-state index contributed by atoms with van der Waals surface area (Å²) in [6.45, 7) is 1.51. The lowest BCUT2D eigenvalue weighted by Crippen LogP contribution is -2.35. The van der Waals surface area contributed by atoms with Crippen LogP contribution in [0.4, 0.5) is 5.69 Å². The van der Waals surface area contributed by atoms with E-state index in [9.17, 15) is 14.9 Å². The van der Waals surface area contributed by atoms with Crippen molar-refractivity contribution in [2.75, 3.05) is 6.61 Å². The van der Waals surface area contributed by atoms with Gasteiger partial charge in [0.05, 0.1) is 17.2 Å². The number of nitro groups is 1. The molecule has 0 aliphatic heterocycles. The summed E-state index contributed by atoms with van der Waals surface area (Å²) in [6.07, 6.45) is 1.58. The topological polar surface area (TPSA) is 110 Å². The Morgan fingerprint density at radius 3 is 2.67 bits per heavy atom. The average molecular weight is 290 g/mol. The predicted molar refractivity (Wildman–Crippen MR) is 74.2 cm³/mol. The molecule has 0 fully saturated rings. The lowest BCUT2D eigenvalue weighted by molar-refractivity contribution is -0.384. The Morgan fingerprint density at radius 2 is 2.10 bits per heavy atom. The maximum absolute atomic E-state index is 11.8. The van der Waals surface area contributed by atoms with Crippen molar-refractivity contribution in [1.82, 2.24) is 15.1 Å². The molecule has 2 rings (SSSR count). The lowest BCUT2D eigenvalue weighted by Gasteiger charge is -2.08. The fourth-order valence-electron chi connectivity index (χ4n) is 1.66. The Kier molecular flexibility index (Phi) is 4.29. The summed E-state index contributed by atoms with van der Waals surface area (Å²) < 4.78 is 1.45. The molecule has 0 aliphatic rings. The molecular formula is C13H14N4O4. The molecule has 0 unspecified atom stereocenters. The Morgan fingerprint density at radius 1 is 1.43 bits per heavy atom. The zero-order valence-corrected chi connectivity index (χ0v) is 11.3. The van der Waals surface area contributed by atoms with Crippen LogP contribution in [0.25, 0.3) is 5.69 Å². The first-order chi connectivity index (χ1) is 10.0. The predicted octanol–water partition coefficient (Wildman–Crippen LogP) is 0.891. The summed E-state index contributed by atoms with van der Waals surface area (Å²) in [5, 5.41) is 26.1. The number of hydrogen-bond donors (Lipinski definition) is 2. The van der Waals surface area contributed by atoms with Crippen molar-refractivity contribution in [3.8, 4) is 5.69 Å². The van der Waals surface area contributed by atoms with E-state index < -0.39 is 10.8 Å². The van der Waals surface area contributed by atoms with Gasteiger partial charge < -0.3 is 10.4 Å². The van der Waals surface area contributed by atoms with E-state index in [0.717, 1.165) is 0 Å². The second kappa shape index (κ2) is 6.14. The highest BCUT2D eigenvalue weighted by Gasteiger charge is 2.13. The zero-order chi connectivity index (χ0) is 15.4. The number of aromatic nitrogens is 2. The minimum absolute atomic E-state index is 0.0133. The number of rotatable bonds is 5. The molecule has 2 aromatic rings. The van der Waals surface area contributed by atoms with Crippen molar-refractivity contribution >= 4 is 11.6 Å². The second-order valence-electron chi connectivity index (χ2n) is 4.48. The summed E-state index contributed by atoms with van der Waals surface area (Å²) in [5.41, 5.74) is 0.796. The van der Waals surface area contributed by atoms with Gasteiger partial charge in [0.2, 0.25) is 0 Å². The summed E-state index contributed by atoms with van der Waals surface area (Å²) >= 11 is 0. The van der Waals surface area contributed by atoms with Crippen LogP contribution in [0.2, 0.25) is 0 Å². The molecule has 1 atom stereocenters. The first kappa shape index (κ1) is 14.7. The van der Waals surface area contributed by atoms with Crippen LogP contribution < -0.4 is 5.32 Å². The van der Waals surface area contributed by atoms with Crippen LogP contribution in [-0.2, 0) is 0 Å². The number of aliphatic hydroxyl groups is 1. The van der Waals surface area contributed by atoms with Crippen LogP contribution >= 0.6 is 0 Å². The van der Waals surface area contributed by atoms with Gasteiger partial charge in [-0.2, -0.15) is 5.10 Å². The number of amides is 1. The highest BCUT2D eigenvalue weighted by atomic mass is 16.6. The normalized spacial score (nSPS) is 11.9. The molecule has 0 saturated heterocycles. The van der Waals surface area contributed by atoms with Gasteiger partial charge in [-0.05, 0) is 25.1 Å². The van der Waals surface area contributed by atoms with Gasteiger partial charge in [0.25, 0.3) is 11.6 Å². The Labute approximate surface area is 120 Å². The molecule has 2 N–H and O–H groups in total.